The van der Waals surface area contributed by atoms with Gasteiger partial charge < -0.3 is 9.64 Å². The van der Waals surface area contributed by atoms with E-state index >= 15 is 0 Å². The minimum Gasteiger partial charge on any atom is -0.497 e. The summed E-state index contributed by atoms with van der Waals surface area (Å²) in [5, 5.41) is 1.56. The molecule has 0 unspecified atom stereocenters. The number of methoxy groups -OCH3 is 1. The van der Waals surface area contributed by atoms with E-state index in [2.05, 4.69) is 4.90 Å². The average Bonchev–Trinajstić information content (AvgIpc) is 3.31. The lowest BCUT2D eigenvalue weighted by Crippen LogP contribution is -2.29. The second kappa shape index (κ2) is 8.65. The van der Waals surface area contributed by atoms with Crippen molar-refractivity contribution >= 4 is 51.7 Å². The molecule has 33 heavy (non-hydrogen) atoms. The quantitative estimate of drug-likeness (QED) is 0.407. The molecule has 1 amide bonds. The van der Waals surface area contributed by atoms with Crippen molar-refractivity contribution < 1.29 is 9.53 Å². The van der Waals surface area contributed by atoms with E-state index in [1.54, 1.807) is 23.8 Å². The first-order valence-electron chi connectivity index (χ1n) is 10.5. The van der Waals surface area contributed by atoms with Crippen LogP contribution in [0.4, 0.5) is 17.1 Å². The molecule has 1 fully saturated rings. The fourth-order valence-corrected chi connectivity index (χ4v) is 6.14. The number of rotatable bonds is 3. The molecule has 0 aliphatic carbocycles. The highest BCUT2D eigenvalue weighted by atomic mass is 32.2. The molecule has 2 aliphatic heterocycles. The molecule has 166 valence electrons. The topological polar surface area (TPSA) is 45.1 Å². The molecule has 0 saturated carbocycles. The fraction of sp³-hybridized carbons (Fsp3) is 0.154. The Labute approximate surface area is 202 Å². The minimum absolute atomic E-state index is 0.0629. The van der Waals surface area contributed by atoms with Crippen molar-refractivity contribution in [2.75, 3.05) is 24.0 Å². The van der Waals surface area contributed by atoms with E-state index in [-0.39, 0.29) is 5.91 Å². The second-order valence-corrected chi connectivity index (χ2v) is 9.90. The Morgan fingerprint density at radius 2 is 1.76 bits per heavy atom. The molecule has 5 nitrogen and oxygen atoms in total. The standard InChI is InChI=1S/C26H23N3O2S2/c1-16-8-7-10-18(14-16)29-24(30)23(33-26(29)27-20-11-6-5-9-17(20)2)25-28(3)21-15-19(31-4)12-13-22(21)32-25/h5-15H,1-4H3/b25-23-,27-26?. The van der Waals surface area contributed by atoms with Crippen LogP contribution in [0.15, 0.2) is 86.6 Å². The lowest BCUT2D eigenvalue weighted by Gasteiger charge is -2.17. The molecule has 0 spiro atoms. The van der Waals surface area contributed by atoms with E-state index in [9.17, 15) is 4.79 Å². The van der Waals surface area contributed by atoms with Crippen LogP contribution >= 0.6 is 23.5 Å². The first-order chi connectivity index (χ1) is 16.0. The summed E-state index contributed by atoms with van der Waals surface area (Å²) in [7, 11) is 3.65. The van der Waals surface area contributed by atoms with E-state index < -0.39 is 0 Å². The third-order valence-corrected chi connectivity index (χ3v) is 8.00. The summed E-state index contributed by atoms with van der Waals surface area (Å²) in [5.41, 5.74) is 4.86. The van der Waals surface area contributed by atoms with Crippen molar-refractivity contribution in [3.05, 3.63) is 87.8 Å². The SMILES string of the molecule is COc1ccc2c(c1)N(C)/C(=C1/SC(=Nc3ccccc3C)N(c3cccc(C)c3)C1=O)S2. The van der Waals surface area contributed by atoms with E-state index in [4.69, 9.17) is 9.73 Å². The zero-order valence-electron chi connectivity index (χ0n) is 18.8. The third-order valence-electron chi connectivity index (χ3n) is 5.61. The second-order valence-electron chi connectivity index (χ2n) is 7.89. The molecule has 0 aromatic heterocycles. The van der Waals surface area contributed by atoms with Gasteiger partial charge in [0.2, 0.25) is 0 Å². The minimum atomic E-state index is -0.0629. The van der Waals surface area contributed by atoms with Gasteiger partial charge in [0.1, 0.15) is 10.7 Å². The Kier molecular flexibility index (Phi) is 5.68. The number of thioether (sulfide) groups is 2. The van der Waals surface area contributed by atoms with Crippen LogP contribution in [0.5, 0.6) is 5.75 Å². The fourth-order valence-electron chi connectivity index (χ4n) is 3.82. The molecule has 3 aromatic rings. The molecule has 0 bridgehead atoms. The van der Waals surface area contributed by atoms with Crippen molar-refractivity contribution in [1.29, 1.82) is 0 Å². The van der Waals surface area contributed by atoms with Gasteiger partial charge in [0, 0.05) is 18.0 Å². The summed E-state index contributed by atoms with van der Waals surface area (Å²) in [4.78, 5) is 24.3. The number of hydrogen-bond donors (Lipinski definition) is 0. The van der Waals surface area contributed by atoms with Crippen molar-refractivity contribution in [3.63, 3.8) is 0 Å². The van der Waals surface area contributed by atoms with E-state index in [0.29, 0.717) is 10.1 Å². The first kappa shape index (κ1) is 21.7. The number of hydrogen-bond acceptors (Lipinski definition) is 6. The average molecular weight is 474 g/mol. The van der Waals surface area contributed by atoms with Crippen molar-refractivity contribution in [3.8, 4) is 5.75 Å². The molecule has 7 heteroatoms. The number of aliphatic imine (C=N–C) groups is 1. The van der Waals surface area contributed by atoms with Crippen LogP contribution in [0.3, 0.4) is 0 Å². The van der Waals surface area contributed by atoms with Crippen LogP contribution in [-0.2, 0) is 4.79 Å². The van der Waals surface area contributed by atoms with Crippen LogP contribution in [0.25, 0.3) is 0 Å². The zero-order valence-corrected chi connectivity index (χ0v) is 20.5. The number of aryl methyl sites for hydroxylation is 2. The summed E-state index contributed by atoms with van der Waals surface area (Å²) in [5.74, 6) is 0.730. The monoisotopic (exact) mass is 473 g/mol. The number of carbonyl (C=O) groups excluding carboxylic acids is 1. The van der Waals surface area contributed by atoms with Crippen LogP contribution in [-0.4, -0.2) is 25.2 Å². The number of amidine groups is 1. The van der Waals surface area contributed by atoms with Gasteiger partial charge in [0.15, 0.2) is 5.17 Å². The normalized spacial score (nSPS) is 18.9. The number of benzene rings is 3. The number of nitrogens with zero attached hydrogens (tertiary/aromatic N) is 3. The Hall–Kier alpha value is -3.16. The number of para-hydroxylation sites is 1. The van der Waals surface area contributed by atoms with Crippen LogP contribution < -0.4 is 14.5 Å². The van der Waals surface area contributed by atoms with Crippen molar-refractivity contribution in [2.45, 2.75) is 18.7 Å². The van der Waals surface area contributed by atoms with Gasteiger partial charge in [-0.1, -0.05) is 42.1 Å². The summed E-state index contributed by atoms with van der Waals surface area (Å²) >= 11 is 3.03. The Morgan fingerprint density at radius 1 is 0.939 bits per heavy atom. The summed E-state index contributed by atoms with van der Waals surface area (Å²) in [6.45, 7) is 4.06. The maximum atomic E-state index is 13.8. The van der Waals surface area contributed by atoms with Crippen LogP contribution in [0, 0.1) is 13.8 Å². The van der Waals surface area contributed by atoms with Gasteiger partial charge in [-0.3, -0.25) is 9.69 Å². The lowest BCUT2D eigenvalue weighted by atomic mass is 10.2. The largest absolute Gasteiger partial charge is 0.497 e. The van der Waals surface area contributed by atoms with Gasteiger partial charge in [-0.15, -0.1) is 0 Å². The van der Waals surface area contributed by atoms with Gasteiger partial charge in [-0.05, 0) is 67.1 Å². The van der Waals surface area contributed by atoms with E-state index in [0.717, 1.165) is 43.9 Å². The molecule has 3 aromatic carbocycles. The van der Waals surface area contributed by atoms with Crippen molar-refractivity contribution in [1.82, 2.24) is 0 Å². The number of anilines is 2. The molecular weight excluding hydrogens is 450 g/mol. The van der Waals surface area contributed by atoms with Gasteiger partial charge in [-0.25, -0.2) is 4.99 Å². The third kappa shape index (κ3) is 3.92. The molecule has 0 N–H and O–H groups in total. The number of amides is 1. The Morgan fingerprint density at radius 3 is 2.52 bits per heavy atom. The number of ether oxygens (including phenoxy) is 1. The van der Waals surface area contributed by atoms with Gasteiger partial charge in [0.05, 0.1) is 29.2 Å². The number of carbonyl (C=O) groups is 1. The van der Waals surface area contributed by atoms with Crippen LogP contribution in [0.1, 0.15) is 11.1 Å². The molecule has 2 aliphatic rings. The molecular formula is C26H23N3O2S2. The molecule has 1 saturated heterocycles. The van der Waals surface area contributed by atoms with Crippen LogP contribution in [0.2, 0.25) is 0 Å². The van der Waals surface area contributed by atoms with Gasteiger partial charge in [0.25, 0.3) is 5.91 Å². The van der Waals surface area contributed by atoms with E-state index in [1.165, 1.54) is 11.8 Å². The summed E-state index contributed by atoms with van der Waals surface area (Å²) in [6.07, 6.45) is 0. The first-order valence-corrected chi connectivity index (χ1v) is 12.2. The highest BCUT2D eigenvalue weighted by Gasteiger charge is 2.40. The maximum Gasteiger partial charge on any atom is 0.274 e. The summed E-state index contributed by atoms with van der Waals surface area (Å²) in [6, 6.07) is 21.9. The molecule has 0 radical (unpaired) electrons. The van der Waals surface area contributed by atoms with Gasteiger partial charge in [-0.2, -0.15) is 0 Å². The van der Waals surface area contributed by atoms with Gasteiger partial charge >= 0.3 is 0 Å². The Bertz CT molecular complexity index is 1330. The molecule has 5 rings (SSSR count). The molecule has 0 atom stereocenters. The van der Waals surface area contributed by atoms with Crippen molar-refractivity contribution in [2.24, 2.45) is 4.99 Å². The summed E-state index contributed by atoms with van der Waals surface area (Å²) < 4.78 is 5.40. The highest BCUT2D eigenvalue weighted by molar-refractivity contribution is 8.20. The lowest BCUT2D eigenvalue weighted by molar-refractivity contribution is -0.113. The number of fused-ring (bicyclic) bond motifs is 1. The van der Waals surface area contributed by atoms with E-state index in [1.807, 2.05) is 87.6 Å². The smallest absolute Gasteiger partial charge is 0.274 e. The highest BCUT2D eigenvalue weighted by Crippen LogP contribution is 2.51. The maximum absolute atomic E-state index is 13.8. The zero-order chi connectivity index (χ0) is 23.1. The predicted octanol–water partition coefficient (Wildman–Crippen LogP) is 6.49. The Balaban J connectivity index is 1.62. The predicted molar refractivity (Wildman–Crippen MR) is 139 cm³/mol. The molecule has 2 heterocycles.